The maximum Gasteiger partial charge on any atom is 0.260 e. The van der Waals surface area contributed by atoms with Crippen LogP contribution in [0.3, 0.4) is 0 Å². The molecule has 0 unspecified atom stereocenters. The molecule has 7 nitrogen and oxygen atoms in total. The van der Waals surface area contributed by atoms with E-state index in [0.29, 0.717) is 23.8 Å². The van der Waals surface area contributed by atoms with Gasteiger partial charge in [-0.1, -0.05) is 37.2 Å². The van der Waals surface area contributed by atoms with Gasteiger partial charge in [0.05, 0.1) is 31.6 Å². The zero-order chi connectivity index (χ0) is 25.3. The van der Waals surface area contributed by atoms with Gasteiger partial charge >= 0.3 is 0 Å². The highest BCUT2D eigenvalue weighted by Gasteiger charge is 2.23. The molecule has 1 aliphatic heterocycles. The van der Waals surface area contributed by atoms with Gasteiger partial charge in [0, 0.05) is 31.7 Å². The lowest BCUT2D eigenvalue weighted by molar-refractivity contribution is 0.0376. The lowest BCUT2D eigenvalue weighted by atomic mass is 10.2. The fourth-order valence-corrected chi connectivity index (χ4v) is 5.41. The Kier molecular flexibility index (Phi) is 11.4. The van der Waals surface area contributed by atoms with E-state index in [1.807, 2.05) is 41.3 Å². The third-order valence-corrected chi connectivity index (χ3v) is 7.68. The number of ether oxygens (including phenoxy) is 3. The molecule has 1 fully saturated rings. The highest BCUT2D eigenvalue weighted by atomic mass is 35.5. The summed E-state index contributed by atoms with van der Waals surface area (Å²) in [6.45, 7) is 9.86. The highest BCUT2D eigenvalue weighted by Crippen LogP contribution is 2.37. The first kappa shape index (κ1) is 29.2. The molecule has 202 valence electrons. The van der Waals surface area contributed by atoms with E-state index < -0.39 is 0 Å². The van der Waals surface area contributed by atoms with Crippen LogP contribution in [-0.2, 0) is 4.74 Å². The van der Waals surface area contributed by atoms with Crippen molar-refractivity contribution in [1.82, 2.24) is 9.88 Å². The van der Waals surface area contributed by atoms with Crippen LogP contribution >= 0.6 is 23.7 Å². The number of amides is 1. The third-order valence-electron chi connectivity index (χ3n) is 6.47. The number of methoxy groups -OCH3 is 1. The number of aromatic nitrogens is 1. The van der Waals surface area contributed by atoms with Crippen molar-refractivity contribution in [3.05, 3.63) is 47.5 Å². The lowest BCUT2D eigenvalue weighted by Gasteiger charge is -2.27. The summed E-state index contributed by atoms with van der Waals surface area (Å²) in [5.41, 5.74) is 2.56. The van der Waals surface area contributed by atoms with Gasteiger partial charge in [-0.05, 0) is 55.7 Å². The van der Waals surface area contributed by atoms with Crippen molar-refractivity contribution in [2.75, 3.05) is 58.0 Å². The topological polar surface area (TPSA) is 64.1 Å². The van der Waals surface area contributed by atoms with Gasteiger partial charge in [0.15, 0.2) is 5.13 Å². The number of carbonyl (C=O) groups is 1. The van der Waals surface area contributed by atoms with Gasteiger partial charge in [0.1, 0.15) is 17.0 Å². The number of halogens is 1. The summed E-state index contributed by atoms with van der Waals surface area (Å²) >= 11 is 1.55. The molecule has 3 aromatic rings. The molecule has 0 atom stereocenters. The molecule has 0 bridgehead atoms. The Balaban J connectivity index is 0.00000380. The quantitative estimate of drug-likeness (QED) is 0.260. The number of hydrogen-bond acceptors (Lipinski definition) is 7. The van der Waals surface area contributed by atoms with Crippen molar-refractivity contribution in [2.45, 2.75) is 39.5 Å². The molecule has 1 aromatic heterocycles. The molecule has 2 aromatic carbocycles. The molecule has 1 aliphatic rings. The lowest BCUT2D eigenvalue weighted by Crippen LogP contribution is -2.39. The number of rotatable bonds is 12. The van der Waals surface area contributed by atoms with Crippen molar-refractivity contribution in [1.29, 1.82) is 0 Å². The van der Waals surface area contributed by atoms with Gasteiger partial charge in [-0.3, -0.25) is 14.6 Å². The number of hydrogen-bond donors (Lipinski definition) is 0. The molecule has 37 heavy (non-hydrogen) atoms. The maximum atomic E-state index is 13.7. The van der Waals surface area contributed by atoms with Crippen LogP contribution in [0.15, 0.2) is 36.4 Å². The summed E-state index contributed by atoms with van der Waals surface area (Å²) in [5, 5.41) is 0.699. The Bertz CT molecular complexity index is 1130. The van der Waals surface area contributed by atoms with E-state index in [4.69, 9.17) is 19.2 Å². The van der Waals surface area contributed by atoms with Crippen LogP contribution in [0.4, 0.5) is 5.13 Å². The van der Waals surface area contributed by atoms with Crippen LogP contribution in [-0.4, -0.2) is 68.9 Å². The van der Waals surface area contributed by atoms with Crippen LogP contribution in [0.25, 0.3) is 10.2 Å². The summed E-state index contributed by atoms with van der Waals surface area (Å²) in [4.78, 5) is 22.8. The van der Waals surface area contributed by atoms with E-state index in [2.05, 4.69) is 18.7 Å². The van der Waals surface area contributed by atoms with Crippen molar-refractivity contribution >= 4 is 45.0 Å². The first-order chi connectivity index (χ1) is 17.6. The number of morpholine rings is 1. The molecule has 0 spiro atoms. The SMILES string of the molecule is CCCCCOc1ccc(C(=O)N(CCCN2CCOCC2)c2nc3c(OC)ccc(C)c3s2)cc1.Cl. The summed E-state index contributed by atoms with van der Waals surface area (Å²) in [6.07, 6.45) is 4.21. The van der Waals surface area contributed by atoms with E-state index in [0.717, 1.165) is 85.8 Å². The summed E-state index contributed by atoms with van der Waals surface area (Å²) < 4.78 is 17.9. The second-order valence-electron chi connectivity index (χ2n) is 9.10. The molecule has 0 saturated carbocycles. The van der Waals surface area contributed by atoms with Crippen LogP contribution in [0.5, 0.6) is 11.5 Å². The van der Waals surface area contributed by atoms with Crippen LogP contribution < -0.4 is 14.4 Å². The first-order valence-electron chi connectivity index (χ1n) is 12.9. The largest absolute Gasteiger partial charge is 0.494 e. The maximum absolute atomic E-state index is 13.7. The molecular formula is C28H38ClN3O4S. The Morgan fingerprint density at radius 2 is 1.86 bits per heavy atom. The fraction of sp³-hybridized carbons (Fsp3) is 0.500. The number of thiazole rings is 1. The zero-order valence-electron chi connectivity index (χ0n) is 22.0. The molecule has 9 heteroatoms. The standard InChI is InChI=1S/C28H37N3O4S.ClH/c1-4-5-6-18-35-23-11-9-22(10-12-23)27(32)31(15-7-14-30-16-19-34-20-17-30)28-29-25-24(33-3)13-8-21(2)26(25)36-28;/h8-13H,4-7,14-20H2,1-3H3;1H. The Hall–Kier alpha value is -2.39. The van der Waals surface area contributed by atoms with E-state index >= 15 is 0 Å². The number of carbonyl (C=O) groups excluding carboxylic acids is 1. The second-order valence-corrected chi connectivity index (χ2v) is 10.1. The number of anilines is 1. The van der Waals surface area contributed by atoms with Crippen LogP contribution in [0.1, 0.15) is 48.5 Å². The number of fused-ring (bicyclic) bond motifs is 1. The molecular weight excluding hydrogens is 510 g/mol. The molecule has 2 heterocycles. The van der Waals surface area contributed by atoms with Gasteiger partial charge in [-0.25, -0.2) is 4.98 Å². The van der Waals surface area contributed by atoms with E-state index in [-0.39, 0.29) is 18.3 Å². The highest BCUT2D eigenvalue weighted by molar-refractivity contribution is 7.22. The molecule has 0 radical (unpaired) electrons. The molecule has 0 N–H and O–H groups in total. The minimum Gasteiger partial charge on any atom is -0.494 e. The average Bonchev–Trinajstić information content (AvgIpc) is 3.36. The predicted molar refractivity (Wildman–Crippen MR) is 153 cm³/mol. The van der Waals surface area contributed by atoms with Crippen molar-refractivity contribution in [2.24, 2.45) is 0 Å². The average molecular weight is 548 g/mol. The number of benzene rings is 2. The molecule has 0 aliphatic carbocycles. The normalized spacial score (nSPS) is 13.8. The molecule has 1 amide bonds. The zero-order valence-corrected chi connectivity index (χ0v) is 23.7. The number of nitrogens with zero attached hydrogens (tertiary/aromatic N) is 3. The van der Waals surface area contributed by atoms with Crippen molar-refractivity contribution in [3.8, 4) is 11.5 Å². The van der Waals surface area contributed by atoms with Crippen molar-refractivity contribution in [3.63, 3.8) is 0 Å². The minimum atomic E-state index is -0.0508. The Morgan fingerprint density at radius 3 is 2.57 bits per heavy atom. The smallest absolute Gasteiger partial charge is 0.260 e. The fourth-order valence-electron chi connectivity index (χ4n) is 4.33. The summed E-state index contributed by atoms with van der Waals surface area (Å²) in [5.74, 6) is 1.47. The van der Waals surface area contributed by atoms with E-state index in [9.17, 15) is 4.79 Å². The molecule has 4 rings (SSSR count). The predicted octanol–water partition coefficient (Wildman–Crippen LogP) is 5.97. The van der Waals surface area contributed by atoms with Gasteiger partial charge in [-0.15, -0.1) is 12.4 Å². The van der Waals surface area contributed by atoms with Crippen molar-refractivity contribution < 1.29 is 19.0 Å². The van der Waals surface area contributed by atoms with Gasteiger partial charge in [-0.2, -0.15) is 0 Å². The van der Waals surface area contributed by atoms with Gasteiger partial charge in [0.25, 0.3) is 5.91 Å². The summed E-state index contributed by atoms with van der Waals surface area (Å²) in [7, 11) is 1.65. The minimum absolute atomic E-state index is 0. The Morgan fingerprint density at radius 1 is 1.11 bits per heavy atom. The molecule has 1 saturated heterocycles. The second kappa shape index (κ2) is 14.5. The van der Waals surface area contributed by atoms with Gasteiger partial charge in [0.2, 0.25) is 0 Å². The van der Waals surface area contributed by atoms with Crippen LogP contribution in [0, 0.1) is 6.92 Å². The van der Waals surface area contributed by atoms with E-state index in [1.54, 1.807) is 18.4 Å². The monoisotopic (exact) mass is 547 g/mol. The Labute approximate surface area is 230 Å². The van der Waals surface area contributed by atoms with E-state index in [1.165, 1.54) is 0 Å². The third kappa shape index (κ3) is 7.57. The van der Waals surface area contributed by atoms with Gasteiger partial charge < -0.3 is 14.2 Å². The number of unbranched alkanes of at least 4 members (excludes halogenated alkanes) is 2. The first-order valence-corrected chi connectivity index (χ1v) is 13.7. The van der Waals surface area contributed by atoms with Crippen LogP contribution in [0.2, 0.25) is 0 Å². The number of aryl methyl sites for hydroxylation is 1. The summed E-state index contributed by atoms with van der Waals surface area (Å²) in [6, 6.07) is 11.4.